The van der Waals surface area contributed by atoms with Gasteiger partial charge in [-0.1, -0.05) is 31.0 Å². The smallest absolute Gasteiger partial charge is 0.176 e. The standard InChI is InChI=1S/C18H25N5/c1-14-8-7-9-15(2)16(14)23-17(19-20-21-23)18(10-3-4-11-18)22-12-5-6-13-22/h7-9H,3-6,10-13H2,1-2H3. The summed E-state index contributed by atoms with van der Waals surface area (Å²) in [6, 6.07) is 6.39. The molecule has 0 unspecified atom stereocenters. The Bertz CT molecular complexity index is 673. The van der Waals surface area contributed by atoms with Crippen LogP contribution in [0.5, 0.6) is 0 Å². The Hall–Kier alpha value is -1.75. The SMILES string of the molecule is Cc1cccc(C)c1-n1nnnc1C1(N2CCCC2)CCCC1. The first kappa shape index (κ1) is 14.8. The van der Waals surface area contributed by atoms with Gasteiger partial charge in [-0.05, 0) is 74.2 Å². The van der Waals surface area contributed by atoms with Crippen LogP contribution in [0, 0.1) is 13.8 Å². The zero-order chi connectivity index (χ0) is 15.9. The van der Waals surface area contributed by atoms with Crippen LogP contribution in [-0.2, 0) is 5.54 Å². The van der Waals surface area contributed by atoms with Crippen LogP contribution >= 0.6 is 0 Å². The van der Waals surface area contributed by atoms with E-state index in [0.29, 0.717) is 0 Å². The Balaban J connectivity index is 1.85. The fourth-order valence-electron chi connectivity index (χ4n) is 4.55. The van der Waals surface area contributed by atoms with E-state index in [1.165, 1.54) is 62.7 Å². The van der Waals surface area contributed by atoms with Crippen LogP contribution in [0.4, 0.5) is 0 Å². The van der Waals surface area contributed by atoms with Gasteiger partial charge in [0.05, 0.1) is 11.2 Å². The van der Waals surface area contributed by atoms with Gasteiger partial charge in [0.25, 0.3) is 0 Å². The first-order valence-corrected chi connectivity index (χ1v) is 8.83. The summed E-state index contributed by atoms with van der Waals surface area (Å²) in [6.07, 6.45) is 7.50. The zero-order valence-corrected chi connectivity index (χ0v) is 14.1. The lowest BCUT2D eigenvalue weighted by atomic mass is 9.93. The second-order valence-electron chi connectivity index (χ2n) is 7.09. The lowest BCUT2D eigenvalue weighted by Crippen LogP contribution is -2.44. The third-order valence-electron chi connectivity index (χ3n) is 5.68. The minimum Gasteiger partial charge on any atom is -0.291 e. The molecule has 0 spiro atoms. The fraction of sp³-hybridized carbons (Fsp3) is 0.611. The van der Waals surface area contributed by atoms with E-state index in [0.717, 1.165) is 11.5 Å². The average Bonchev–Trinajstić information content (AvgIpc) is 3.28. The molecule has 23 heavy (non-hydrogen) atoms. The first-order chi connectivity index (χ1) is 11.2. The molecule has 0 amide bonds. The van der Waals surface area contributed by atoms with Gasteiger partial charge in [0, 0.05) is 0 Å². The van der Waals surface area contributed by atoms with Crippen LogP contribution in [0.1, 0.15) is 55.5 Å². The summed E-state index contributed by atoms with van der Waals surface area (Å²) in [5, 5.41) is 13.0. The maximum atomic E-state index is 4.53. The van der Waals surface area contributed by atoms with Crippen LogP contribution < -0.4 is 0 Å². The molecule has 5 nitrogen and oxygen atoms in total. The van der Waals surface area contributed by atoms with Gasteiger partial charge in [-0.15, -0.1) is 5.10 Å². The predicted octanol–water partition coefficient (Wildman–Crippen LogP) is 3.14. The van der Waals surface area contributed by atoms with E-state index in [1.54, 1.807) is 0 Å². The average molecular weight is 311 g/mol. The molecule has 4 rings (SSSR count). The molecule has 1 aliphatic carbocycles. The Morgan fingerprint density at radius 2 is 1.61 bits per heavy atom. The van der Waals surface area contributed by atoms with E-state index in [-0.39, 0.29) is 5.54 Å². The predicted molar refractivity (Wildman–Crippen MR) is 89.6 cm³/mol. The summed E-state index contributed by atoms with van der Waals surface area (Å²) in [7, 11) is 0. The molecule has 1 aromatic carbocycles. The van der Waals surface area contributed by atoms with Crippen LogP contribution in [0.25, 0.3) is 5.69 Å². The summed E-state index contributed by atoms with van der Waals surface area (Å²) in [5.74, 6) is 1.05. The molecule has 122 valence electrons. The third kappa shape index (κ3) is 2.29. The highest BCUT2D eigenvalue weighted by Gasteiger charge is 2.46. The van der Waals surface area contributed by atoms with Gasteiger partial charge in [0.15, 0.2) is 5.82 Å². The van der Waals surface area contributed by atoms with Crippen LogP contribution in [0.2, 0.25) is 0 Å². The van der Waals surface area contributed by atoms with Crippen molar-refractivity contribution in [3.8, 4) is 5.69 Å². The highest BCUT2D eigenvalue weighted by atomic mass is 15.6. The van der Waals surface area contributed by atoms with Gasteiger partial charge in [0.2, 0.25) is 0 Å². The molecular weight excluding hydrogens is 286 g/mol. The van der Waals surface area contributed by atoms with Crippen molar-refractivity contribution in [2.45, 2.75) is 57.9 Å². The highest BCUT2D eigenvalue weighted by molar-refractivity contribution is 5.47. The number of likely N-dealkylation sites (tertiary alicyclic amines) is 1. The number of aromatic nitrogens is 4. The number of nitrogens with zero attached hydrogens (tertiary/aromatic N) is 5. The summed E-state index contributed by atoms with van der Waals surface area (Å²) in [4.78, 5) is 2.65. The van der Waals surface area contributed by atoms with E-state index in [4.69, 9.17) is 0 Å². The summed E-state index contributed by atoms with van der Waals surface area (Å²) in [5.41, 5.74) is 3.65. The minimum absolute atomic E-state index is 0.0364. The number of para-hydroxylation sites is 1. The van der Waals surface area contributed by atoms with Crippen molar-refractivity contribution in [2.75, 3.05) is 13.1 Å². The van der Waals surface area contributed by atoms with Crippen LogP contribution in [0.3, 0.4) is 0 Å². The molecule has 0 radical (unpaired) electrons. The molecule has 0 atom stereocenters. The molecule has 1 saturated heterocycles. The molecule has 0 bridgehead atoms. The normalized spacial score (nSPS) is 21.1. The van der Waals surface area contributed by atoms with E-state index in [9.17, 15) is 0 Å². The maximum absolute atomic E-state index is 4.53. The molecular formula is C18H25N5. The van der Waals surface area contributed by atoms with Gasteiger partial charge in [0.1, 0.15) is 0 Å². The number of hydrogen-bond acceptors (Lipinski definition) is 4. The molecule has 2 aromatic rings. The first-order valence-electron chi connectivity index (χ1n) is 8.83. The van der Waals surface area contributed by atoms with Crippen LogP contribution in [-0.4, -0.2) is 38.2 Å². The molecule has 2 aliphatic rings. The molecule has 5 heteroatoms. The van der Waals surface area contributed by atoms with Crippen molar-refractivity contribution in [2.24, 2.45) is 0 Å². The lowest BCUT2D eigenvalue weighted by Gasteiger charge is -2.37. The van der Waals surface area contributed by atoms with E-state index in [1.807, 2.05) is 4.68 Å². The molecule has 2 heterocycles. The fourth-order valence-corrected chi connectivity index (χ4v) is 4.55. The van der Waals surface area contributed by atoms with Crippen molar-refractivity contribution in [1.29, 1.82) is 0 Å². The number of aryl methyl sites for hydroxylation is 2. The number of rotatable bonds is 3. The lowest BCUT2D eigenvalue weighted by molar-refractivity contribution is 0.109. The van der Waals surface area contributed by atoms with Crippen molar-refractivity contribution in [3.05, 3.63) is 35.2 Å². The van der Waals surface area contributed by atoms with Gasteiger partial charge < -0.3 is 0 Å². The molecule has 1 aromatic heterocycles. The van der Waals surface area contributed by atoms with Gasteiger partial charge >= 0.3 is 0 Å². The van der Waals surface area contributed by atoms with E-state index >= 15 is 0 Å². The van der Waals surface area contributed by atoms with E-state index in [2.05, 4.69) is 52.5 Å². The van der Waals surface area contributed by atoms with Crippen LogP contribution in [0.15, 0.2) is 18.2 Å². The van der Waals surface area contributed by atoms with E-state index < -0.39 is 0 Å². The van der Waals surface area contributed by atoms with Gasteiger partial charge in [-0.3, -0.25) is 4.90 Å². The Kier molecular flexibility index (Phi) is 3.68. The quantitative estimate of drug-likeness (QED) is 0.873. The Labute approximate surface area is 137 Å². The Morgan fingerprint density at radius 3 is 2.26 bits per heavy atom. The summed E-state index contributed by atoms with van der Waals surface area (Å²) >= 11 is 0. The third-order valence-corrected chi connectivity index (χ3v) is 5.68. The van der Waals surface area contributed by atoms with Crippen molar-refractivity contribution < 1.29 is 0 Å². The number of benzene rings is 1. The maximum Gasteiger partial charge on any atom is 0.176 e. The molecule has 1 aliphatic heterocycles. The second-order valence-corrected chi connectivity index (χ2v) is 7.09. The van der Waals surface area contributed by atoms with Crippen molar-refractivity contribution in [1.82, 2.24) is 25.1 Å². The zero-order valence-electron chi connectivity index (χ0n) is 14.1. The molecule has 1 saturated carbocycles. The molecule has 2 fully saturated rings. The Morgan fingerprint density at radius 1 is 0.957 bits per heavy atom. The highest BCUT2D eigenvalue weighted by Crippen LogP contribution is 2.45. The topological polar surface area (TPSA) is 46.8 Å². The van der Waals surface area contributed by atoms with Crippen molar-refractivity contribution >= 4 is 0 Å². The number of hydrogen-bond donors (Lipinski definition) is 0. The largest absolute Gasteiger partial charge is 0.291 e. The summed E-state index contributed by atoms with van der Waals surface area (Å²) in [6.45, 7) is 6.65. The molecule has 0 N–H and O–H groups in total. The van der Waals surface area contributed by atoms with Gasteiger partial charge in [-0.25, -0.2) is 0 Å². The van der Waals surface area contributed by atoms with Crippen molar-refractivity contribution in [3.63, 3.8) is 0 Å². The monoisotopic (exact) mass is 311 g/mol. The van der Waals surface area contributed by atoms with Gasteiger partial charge in [-0.2, -0.15) is 4.68 Å². The number of tetrazole rings is 1. The minimum atomic E-state index is 0.0364. The summed E-state index contributed by atoms with van der Waals surface area (Å²) < 4.78 is 2.02. The second kappa shape index (κ2) is 5.71.